The molecule has 1 unspecified atom stereocenters. The Morgan fingerprint density at radius 3 is 1.84 bits per heavy atom. The predicted molar refractivity (Wildman–Crippen MR) is 143 cm³/mol. The first-order valence-corrected chi connectivity index (χ1v) is 12.4. The number of aryl methyl sites for hydroxylation is 1. The van der Waals surface area contributed by atoms with Crippen molar-refractivity contribution in [2.24, 2.45) is 0 Å². The summed E-state index contributed by atoms with van der Waals surface area (Å²) in [5.41, 5.74) is 1.63. The van der Waals surface area contributed by atoms with Crippen LogP contribution in [-0.2, 0) is 21.6 Å². The molecule has 0 bridgehead atoms. The lowest BCUT2D eigenvalue weighted by molar-refractivity contribution is -0.146. The second-order valence-electron chi connectivity index (χ2n) is 8.91. The quantitative estimate of drug-likeness (QED) is 0.243. The number of carbonyl (C=O) groups excluding carboxylic acids is 1. The van der Waals surface area contributed by atoms with E-state index in [2.05, 4.69) is 46.7 Å². The number of aromatic amines is 1. The number of esters is 1. The molecule has 0 radical (unpaired) electrons. The minimum atomic E-state index is -0.683. The largest absolute Gasteiger partial charge is 0.461 e. The van der Waals surface area contributed by atoms with E-state index in [9.17, 15) is 14.4 Å². The monoisotopic (exact) mass is 497 g/mol. The van der Waals surface area contributed by atoms with Crippen molar-refractivity contribution in [2.45, 2.75) is 38.0 Å². The van der Waals surface area contributed by atoms with Gasteiger partial charge >= 0.3 is 11.7 Å². The minimum absolute atomic E-state index is 0.363. The molecule has 1 heterocycles. The maximum absolute atomic E-state index is 12.0. The molecule has 0 aliphatic carbocycles. The SMILES string of the molecule is CC(=O)OC(CCCn1ccc(=O)[nH]c1=O)CNC(c1ccccc1)(c1ccccc1)c1ccccc1. The molecule has 1 aromatic heterocycles. The number of nitrogens with zero attached hydrogens (tertiary/aromatic N) is 1. The van der Waals surface area contributed by atoms with E-state index < -0.39 is 22.9 Å². The van der Waals surface area contributed by atoms with E-state index in [1.54, 1.807) is 0 Å². The van der Waals surface area contributed by atoms with Crippen LogP contribution in [0.4, 0.5) is 0 Å². The first-order valence-electron chi connectivity index (χ1n) is 12.4. The van der Waals surface area contributed by atoms with Crippen LogP contribution in [0.15, 0.2) is 113 Å². The molecule has 0 aliphatic rings. The van der Waals surface area contributed by atoms with E-state index in [4.69, 9.17) is 4.74 Å². The number of aromatic nitrogens is 2. The van der Waals surface area contributed by atoms with E-state index in [0.717, 1.165) is 16.7 Å². The van der Waals surface area contributed by atoms with Gasteiger partial charge in [-0.3, -0.25) is 19.9 Å². The average molecular weight is 498 g/mol. The molecule has 0 amide bonds. The summed E-state index contributed by atoms with van der Waals surface area (Å²) in [6.07, 6.45) is 2.17. The highest BCUT2D eigenvalue weighted by Crippen LogP contribution is 2.36. The highest BCUT2D eigenvalue weighted by Gasteiger charge is 2.36. The van der Waals surface area contributed by atoms with Crippen LogP contribution in [-0.4, -0.2) is 28.2 Å². The number of H-pyrrole nitrogens is 1. The molecule has 0 saturated carbocycles. The summed E-state index contributed by atoms with van der Waals surface area (Å²) < 4.78 is 7.14. The third-order valence-corrected chi connectivity index (χ3v) is 6.37. The van der Waals surface area contributed by atoms with Gasteiger partial charge in [-0.15, -0.1) is 0 Å². The number of benzene rings is 3. The van der Waals surface area contributed by atoms with Gasteiger partial charge in [-0.2, -0.15) is 0 Å². The van der Waals surface area contributed by atoms with Crippen LogP contribution >= 0.6 is 0 Å². The molecule has 4 aromatic rings. The van der Waals surface area contributed by atoms with Crippen molar-refractivity contribution in [3.8, 4) is 0 Å². The molecule has 190 valence electrons. The third kappa shape index (κ3) is 6.32. The number of carbonyl (C=O) groups is 1. The van der Waals surface area contributed by atoms with Gasteiger partial charge in [0.2, 0.25) is 0 Å². The number of hydrogen-bond acceptors (Lipinski definition) is 5. The van der Waals surface area contributed by atoms with Crippen LogP contribution in [0.1, 0.15) is 36.5 Å². The highest BCUT2D eigenvalue weighted by molar-refractivity contribution is 5.66. The maximum Gasteiger partial charge on any atom is 0.328 e. The lowest BCUT2D eigenvalue weighted by atomic mass is 9.77. The average Bonchev–Trinajstić information content (AvgIpc) is 2.91. The van der Waals surface area contributed by atoms with Crippen molar-refractivity contribution in [1.82, 2.24) is 14.9 Å². The Balaban J connectivity index is 1.63. The molecule has 1 atom stereocenters. The molecular formula is C30H31N3O4. The first-order chi connectivity index (χ1) is 18.0. The van der Waals surface area contributed by atoms with Gasteiger partial charge in [0.25, 0.3) is 5.56 Å². The van der Waals surface area contributed by atoms with Gasteiger partial charge in [0.15, 0.2) is 0 Å². The van der Waals surface area contributed by atoms with Crippen molar-refractivity contribution >= 4 is 5.97 Å². The standard InChI is InChI=1S/C30H31N3O4/c1-23(34)37-27(18-11-20-33-21-19-28(35)32-29(33)36)22-31-30(24-12-5-2-6-13-24,25-14-7-3-8-15-25)26-16-9-4-10-17-26/h2-10,12-17,19,21,27,31H,11,18,20,22H2,1H3,(H,32,35,36). The maximum atomic E-state index is 12.0. The van der Waals surface area contributed by atoms with Gasteiger partial charge in [-0.25, -0.2) is 4.79 Å². The van der Waals surface area contributed by atoms with E-state index >= 15 is 0 Å². The number of nitrogens with one attached hydrogen (secondary N) is 2. The van der Waals surface area contributed by atoms with Gasteiger partial charge in [-0.05, 0) is 29.5 Å². The summed E-state index contributed by atoms with van der Waals surface area (Å²) in [4.78, 5) is 37.6. The molecule has 0 aliphatic heterocycles. The Morgan fingerprint density at radius 2 is 1.38 bits per heavy atom. The Bertz CT molecular complexity index is 1300. The van der Waals surface area contributed by atoms with Gasteiger partial charge in [-0.1, -0.05) is 91.0 Å². The Hall–Kier alpha value is -4.23. The van der Waals surface area contributed by atoms with Gasteiger partial charge in [0.1, 0.15) is 6.10 Å². The fraction of sp³-hybridized carbons (Fsp3) is 0.233. The number of ether oxygens (including phenoxy) is 1. The minimum Gasteiger partial charge on any atom is -0.461 e. The molecule has 0 fully saturated rings. The van der Waals surface area contributed by atoms with Crippen LogP contribution in [0.2, 0.25) is 0 Å². The summed E-state index contributed by atoms with van der Waals surface area (Å²) in [5, 5.41) is 3.76. The smallest absolute Gasteiger partial charge is 0.328 e. The summed E-state index contributed by atoms with van der Waals surface area (Å²) in [6.45, 7) is 2.19. The van der Waals surface area contributed by atoms with E-state index in [0.29, 0.717) is 25.9 Å². The Kier molecular flexibility index (Phi) is 8.48. The second-order valence-corrected chi connectivity index (χ2v) is 8.91. The zero-order chi connectivity index (χ0) is 26.1. The summed E-state index contributed by atoms with van der Waals surface area (Å²) in [7, 11) is 0. The van der Waals surface area contributed by atoms with E-state index in [-0.39, 0.29) is 5.97 Å². The molecule has 7 heteroatoms. The van der Waals surface area contributed by atoms with E-state index in [1.807, 2.05) is 54.6 Å². The fourth-order valence-electron chi connectivity index (χ4n) is 4.68. The van der Waals surface area contributed by atoms with Gasteiger partial charge in [0.05, 0.1) is 5.54 Å². The fourth-order valence-corrected chi connectivity index (χ4v) is 4.68. The second kappa shape index (κ2) is 12.1. The lowest BCUT2D eigenvalue weighted by Gasteiger charge is -2.38. The van der Waals surface area contributed by atoms with Crippen LogP contribution in [0.3, 0.4) is 0 Å². The van der Waals surface area contributed by atoms with Crippen molar-refractivity contribution in [3.05, 3.63) is 141 Å². The molecule has 0 saturated heterocycles. The summed E-state index contributed by atoms with van der Waals surface area (Å²) >= 11 is 0. The van der Waals surface area contributed by atoms with E-state index in [1.165, 1.54) is 23.8 Å². The lowest BCUT2D eigenvalue weighted by Crippen LogP contribution is -2.48. The van der Waals surface area contributed by atoms with Crippen LogP contribution < -0.4 is 16.6 Å². The van der Waals surface area contributed by atoms with Crippen molar-refractivity contribution in [3.63, 3.8) is 0 Å². The Labute approximate surface area is 215 Å². The normalized spacial score (nSPS) is 12.1. The van der Waals surface area contributed by atoms with Crippen molar-refractivity contribution < 1.29 is 9.53 Å². The van der Waals surface area contributed by atoms with Crippen LogP contribution in [0, 0.1) is 0 Å². The highest BCUT2D eigenvalue weighted by atomic mass is 16.5. The van der Waals surface area contributed by atoms with Gasteiger partial charge in [0, 0.05) is 32.3 Å². The molecule has 0 spiro atoms. The van der Waals surface area contributed by atoms with Crippen LogP contribution in [0.5, 0.6) is 0 Å². The summed E-state index contributed by atoms with van der Waals surface area (Å²) in [5.74, 6) is -0.363. The van der Waals surface area contributed by atoms with Crippen molar-refractivity contribution in [2.75, 3.05) is 6.54 Å². The zero-order valence-corrected chi connectivity index (χ0v) is 20.8. The first kappa shape index (κ1) is 25.9. The molecule has 7 nitrogen and oxygen atoms in total. The molecule has 2 N–H and O–H groups in total. The zero-order valence-electron chi connectivity index (χ0n) is 20.8. The predicted octanol–water partition coefficient (Wildman–Crippen LogP) is 3.83. The number of rotatable bonds is 11. The molecule has 37 heavy (non-hydrogen) atoms. The summed E-state index contributed by atoms with van der Waals surface area (Å²) in [6, 6.07) is 32.0. The topological polar surface area (TPSA) is 93.2 Å². The van der Waals surface area contributed by atoms with Gasteiger partial charge < -0.3 is 9.30 Å². The number of hydrogen-bond donors (Lipinski definition) is 2. The molecule has 4 rings (SSSR count). The van der Waals surface area contributed by atoms with Crippen LogP contribution in [0.25, 0.3) is 0 Å². The molecule has 3 aromatic carbocycles. The van der Waals surface area contributed by atoms with Crippen molar-refractivity contribution in [1.29, 1.82) is 0 Å². The third-order valence-electron chi connectivity index (χ3n) is 6.37. The molecular weight excluding hydrogens is 466 g/mol. The Morgan fingerprint density at radius 1 is 0.865 bits per heavy atom.